The third kappa shape index (κ3) is 5.08. The molecule has 0 spiro atoms. The second-order valence-electron chi connectivity index (χ2n) is 7.97. The first-order valence-electron chi connectivity index (χ1n) is 10.8. The Kier molecular flexibility index (Phi) is 6.60. The van der Waals surface area contributed by atoms with Gasteiger partial charge in [-0.05, 0) is 73.7 Å². The molecule has 0 aromatic heterocycles. The quantitative estimate of drug-likeness (QED) is 0.711. The number of aryl methyl sites for hydroxylation is 2. The summed E-state index contributed by atoms with van der Waals surface area (Å²) in [6, 6.07) is 12.8. The van der Waals surface area contributed by atoms with Crippen LogP contribution in [0.25, 0.3) is 0 Å². The molecule has 1 saturated heterocycles. The maximum Gasteiger partial charge on any atom is 0.243 e. The van der Waals surface area contributed by atoms with Gasteiger partial charge in [-0.3, -0.25) is 9.69 Å². The summed E-state index contributed by atoms with van der Waals surface area (Å²) in [6.07, 6.45) is 3.08. The summed E-state index contributed by atoms with van der Waals surface area (Å²) in [5.41, 5.74) is 3.14. The largest absolute Gasteiger partial charge is 0.494 e. The fraction of sp³-hybridized carbons (Fsp3) is 0.435. The van der Waals surface area contributed by atoms with E-state index in [-0.39, 0.29) is 12.5 Å². The van der Waals surface area contributed by atoms with E-state index in [4.69, 9.17) is 4.74 Å². The molecule has 2 aromatic carbocycles. The normalized spacial score (nSPS) is 17.3. The zero-order chi connectivity index (χ0) is 21.8. The van der Waals surface area contributed by atoms with Crippen LogP contribution in [0, 0.1) is 0 Å². The van der Waals surface area contributed by atoms with Crippen molar-refractivity contribution < 1.29 is 17.9 Å². The number of carbonyl (C=O) groups is 1. The number of piperazine rings is 1. The molecule has 8 heteroatoms. The Morgan fingerprint density at radius 3 is 2.42 bits per heavy atom. The summed E-state index contributed by atoms with van der Waals surface area (Å²) in [5.74, 6) is 0.653. The molecule has 1 aliphatic carbocycles. The minimum atomic E-state index is -3.50. The van der Waals surface area contributed by atoms with E-state index in [0.717, 1.165) is 30.6 Å². The second-order valence-corrected chi connectivity index (χ2v) is 9.91. The zero-order valence-electron chi connectivity index (χ0n) is 17.8. The molecule has 0 atom stereocenters. The van der Waals surface area contributed by atoms with Crippen LogP contribution in [0.15, 0.2) is 47.4 Å². The van der Waals surface area contributed by atoms with E-state index in [2.05, 4.69) is 5.32 Å². The molecule has 1 amide bonds. The van der Waals surface area contributed by atoms with Crippen molar-refractivity contribution in [3.8, 4) is 5.75 Å². The molecule has 2 aromatic rings. The molecule has 0 radical (unpaired) electrons. The summed E-state index contributed by atoms with van der Waals surface area (Å²) < 4.78 is 33.0. The summed E-state index contributed by atoms with van der Waals surface area (Å²) in [5, 5.41) is 2.88. The number of nitrogens with zero attached hydrogens (tertiary/aromatic N) is 2. The van der Waals surface area contributed by atoms with E-state index in [9.17, 15) is 13.2 Å². The predicted molar refractivity (Wildman–Crippen MR) is 120 cm³/mol. The smallest absolute Gasteiger partial charge is 0.243 e. The molecule has 4 rings (SSSR count). The number of hydrogen-bond donors (Lipinski definition) is 1. The first-order valence-corrected chi connectivity index (χ1v) is 12.3. The number of benzene rings is 2. The Hall–Kier alpha value is -2.42. The zero-order valence-corrected chi connectivity index (χ0v) is 18.7. The van der Waals surface area contributed by atoms with E-state index in [1.54, 1.807) is 6.07 Å². The summed E-state index contributed by atoms with van der Waals surface area (Å²) in [4.78, 5) is 14.8. The number of amides is 1. The van der Waals surface area contributed by atoms with Gasteiger partial charge in [-0.25, -0.2) is 8.42 Å². The standard InChI is InChI=1S/C23H29N3O4S/c1-2-30-21-9-7-20(8-10-21)24-23(27)17-25-12-14-26(15-13-25)31(28,29)22-11-6-18-4-3-5-19(18)16-22/h6-11,16H,2-5,12-15,17H2,1H3,(H,24,27). The Morgan fingerprint density at radius 2 is 1.71 bits per heavy atom. The van der Waals surface area contributed by atoms with Gasteiger partial charge >= 0.3 is 0 Å². The lowest BCUT2D eigenvalue weighted by Crippen LogP contribution is -2.50. The van der Waals surface area contributed by atoms with E-state index in [0.29, 0.717) is 43.4 Å². The van der Waals surface area contributed by atoms with Gasteiger partial charge in [0.1, 0.15) is 5.75 Å². The molecule has 1 heterocycles. The van der Waals surface area contributed by atoms with Crippen LogP contribution < -0.4 is 10.1 Å². The van der Waals surface area contributed by atoms with E-state index in [1.807, 2.05) is 48.2 Å². The Bertz CT molecular complexity index is 1030. The summed E-state index contributed by atoms with van der Waals surface area (Å²) in [7, 11) is -3.50. The highest BCUT2D eigenvalue weighted by molar-refractivity contribution is 7.89. The summed E-state index contributed by atoms with van der Waals surface area (Å²) >= 11 is 0. The minimum absolute atomic E-state index is 0.112. The highest BCUT2D eigenvalue weighted by Crippen LogP contribution is 2.26. The maximum atomic E-state index is 13.0. The monoisotopic (exact) mass is 443 g/mol. The fourth-order valence-corrected chi connectivity index (χ4v) is 5.66. The lowest BCUT2D eigenvalue weighted by Gasteiger charge is -2.33. The van der Waals surface area contributed by atoms with Crippen LogP contribution in [0.3, 0.4) is 0 Å². The molecule has 31 heavy (non-hydrogen) atoms. The van der Waals surface area contributed by atoms with Crippen LogP contribution in [0.5, 0.6) is 5.75 Å². The van der Waals surface area contributed by atoms with Crippen LogP contribution in [0.4, 0.5) is 5.69 Å². The van der Waals surface area contributed by atoms with Crippen molar-refractivity contribution in [3.05, 3.63) is 53.6 Å². The highest BCUT2D eigenvalue weighted by Gasteiger charge is 2.29. The van der Waals surface area contributed by atoms with Crippen molar-refractivity contribution in [2.24, 2.45) is 0 Å². The van der Waals surface area contributed by atoms with Crippen molar-refractivity contribution in [2.75, 3.05) is 44.6 Å². The van der Waals surface area contributed by atoms with Crippen molar-refractivity contribution in [3.63, 3.8) is 0 Å². The number of rotatable bonds is 7. The van der Waals surface area contributed by atoms with Gasteiger partial charge in [0, 0.05) is 31.9 Å². The Morgan fingerprint density at radius 1 is 1.00 bits per heavy atom. The Labute approximate surface area is 184 Å². The molecule has 1 N–H and O–H groups in total. The molecule has 1 fully saturated rings. The number of hydrogen-bond acceptors (Lipinski definition) is 5. The van der Waals surface area contributed by atoms with Crippen LogP contribution >= 0.6 is 0 Å². The molecule has 2 aliphatic rings. The van der Waals surface area contributed by atoms with Crippen LogP contribution in [0.2, 0.25) is 0 Å². The van der Waals surface area contributed by atoms with Gasteiger partial charge < -0.3 is 10.1 Å². The SMILES string of the molecule is CCOc1ccc(NC(=O)CN2CCN(S(=O)(=O)c3ccc4c(c3)CCC4)CC2)cc1. The van der Waals surface area contributed by atoms with Crippen molar-refractivity contribution in [1.82, 2.24) is 9.21 Å². The van der Waals surface area contributed by atoms with Gasteiger partial charge in [0.15, 0.2) is 0 Å². The van der Waals surface area contributed by atoms with Gasteiger partial charge in [-0.2, -0.15) is 4.31 Å². The third-order valence-corrected chi connectivity index (χ3v) is 7.75. The van der Waals surface area contributed by atoms with E-state index in [1.165, 1.54) is 9.87 Å². The minimum Gasteiger partial charge on any atom is -0.494 e. The first-order chi connectivity index (χ1) is 15.0. The second kappa shape index (κ2) is 9.38. The van der Waals surface area contributed by atoms with Gasteiger partial charge in [0.25, 0.3) is 0 Å². The number of sulfonamides is 1. The van der Waals surface area contributed by atoms with Crippen LogP contribution in [-0.2, 0) is 27.7 Å². The van der Waals surface area contributed by atoms with Crippen LogP contribution in [0.1, 0.15) is 24.5 Å². The predicted octanol–water partition coefficient (Wildman–Crippen LogP) is 2.52. The average molecular weight is 444 g/mol. The fourth-order valence-electron chi connectivity index (χ4n) is 4.19. The average Bonchev–Trinajstić information content (AvgIpc) is 3.24. The summed E-state index contributed by atoms with van der Waals surface area (Å²) in [6.45, 7) is 4.58. The molecule has 166 valence electrons. The number of fused-ring (bicyclic) bond motifs is 1. The van der Waals surface area contributed by atoms with Crippen LogP contribution in [-0.4, -0.2) is 62.9 Å². The highest BCUT2D eigenvalue weighted by atomic mass is 32.2. The lowest BCUT2D eigenvalue weighted by molar-refractivity contribution is -0.117. The lowest BCUT2D eigenvalue weighted by atomic mass is 10.1. The van der Waals surface area contributed by atoms with Gasteiger partial charge in [-0.15, -0.1) is 0 Å². The first kappa shape index (κ1) is 21.8. The molecule has 7 nitrogen and oxygen atoms in total. The van der Waals surface area contributed by atoms with Gasteiger partial charge in [-0.1, -0.05) is 6.07 Å². The topological polar surface area (TPSA) is 79.0 Å². The molecule has 0 unspecified atom stereocenters. The number of anilines is 1. The van der Waals surface area contributed by atoms with Gasteiger partial charge in [0.2, 0.25) is 15.9 Å². The molecular weight excluding hydrogens is 414 g/mol. The van der Waals surface area contributed by atoms with E-state index < -0.39 is 10.0 Å². The van der Waals surface area contributed by atoms with Gasteiger partial charge in [0.05, 0.1) is 18.0 Å². The van der Waals surface area contributed by atoms with E-state index >= 15 is 0 Å². The Balaban J connectivity index is 1.29. The molecule has 1 aliphatic heterocycles. The van der Waals surface area contributed by atoms with Crippen molar-refractivity contribution in [2.45, 2.75) is 31.1 Å². The molecular formula is C23H29N3O4S. The number of carbonyl (C=O) groups excluding carboxylic acids is 1. The molecule has 0 saturated carbocycles. The molecule has 0 bridgehead atoms. The van der Waals surface area contributed by atoms with Crippen molar-refractivity contribution in [1.29, 1.82) is 0 Å². The number of nitrogens with one attached hydrogen (secondary N) is 1. The van der Waals surface area contributed by atoms with Crippen molar-refractivity contribution >= 4 is 21.6 Å². The maximum absolute atomic E-state index is 13.0. The number of ether oxygens (including phenoxy) is 1. The third-order valence-electron chi connectivity index (χ3n) is 5.86.